The van der Waals surface area contributed by atoms with Crippen molar-refractivity contribution < 1.29 is 10.2 Å². The highest BCUT2D eigenvalue weighted by Crippen LogP contribution is 2.40. The Morgan fingerprint density at radius 2 is 1.89 bits per heavy atom. The van der Waals surface area contributed by atoms with E-state index >= 15 is 0 Å². The fourth-order valence-corrected chi connectivity index (χ4v) is 4.36. The molecule has 0 amide bonds. The van der Waals surface area contributed by atoms with Crippen LogP contribution in [0.5, 0.6) is 0 Å². The van der Waals surface area contributed by atoms with E-state index in [9.17, 15) is 10.2 Å². The van der Waals surface area contributed by atoms with Gasteiger partial charge in [0.2, 0.25) is 0 Å². The number of likely N-dealkylation sites (N-methyl/N-ethyl adjacent to an activating group) is 1. The number of aliphatic hydroxyl groups is 2. The van der Waals surface area contributed by atoms with Gasteiger partial charge in [-0.15, -0.1) is 0 Å². The summed E-state index contributed by atoms with van der Waals surface area (Å²) < 4.78 is 0. The molecule has 2 rings (SSSR count). The molecule has 19 heavy (non-hydrogen) atoms. The van der Waals surface area contributed by atoms with Crippen molar-refractivity contribution >= 4 is 0 Å². The van der Waals surface area contributed by atoms with E-state index < -0.39 is 0 Å². The van der Waals surface area contributed by atoms with Crippen LogP contribution in [0, 0.1) is 11.3 Å². The van der Waals surface area contributed by atoms with Crippen LogP contribution >= 0.6 is 0 Å². The summed E-state index contributed by atoms with van der Waals surface area (Å²) in [4.78, 5) is 2.33. The molecule has 0 aromatic heterocycles. The maximum atomic E-state index is 10.2. The average Bonchev–Trinajstić information content (AvgIpc) is 2.39. The Labute approximate surface area is 118 Å². The minimum Gasteiger partial charge on any atom is -0.396 e. The van der Waals surface area contributed by atoms with Gasteiger partial charge in [0.25, 0.3) is 0 Å². The van der Waals surface area contributed by atoms with Crippen LogP contribution in [0.1, 0.15) is 58.3 Å². The summed E-state index contributed by atoms with van der Waals surface area (Å²) in [7, 11) is 2.13. The minimum atomic E-state index is -0.171. The Balaban J connectivity index is 1.96. The van der Waals surface area contributed by atoms with Crippen molar-refractivity contribution in [1.82, 2.24) is 4.90 Å². The third kappa shape index (κ3) is 3.71. The Morgan fingerprint density at radius 1 is 1.16 bits per heavy atom. The zero-order valence-electron chi connectivity index (χ0n) is 12.6. The zero-order chi connectivity index (χ0) is 13.9. The standard InChI is InChI=1S/C16H31NO2/c1-13-6-5-9-16(10-13,12-18)11-17(2)14-7-3-4-8-15(14)19/h13-15,18-19H,3-12H2,1-2H3. The number of nitrogens with zero attached hydrogens (tertiary/aromatic N) is 1. The monoisotopic (exact) mass is 269 g/mol. The maximum Gasteiger partial charge on any atom is 0.0695 e. The van der Waals surface area contributed by atoms with Crippen molar-refractivity contribution in [2.75, 3.05) is 20.2 Å². The van der Waals surface area contributed by atoms with Crippen LogP contribution < -0.4 is 0 Å². The van der Waals surface area contributed by atoms with E-state index in [4.69, 9.17) is 0 Å². The lowest BCUT2D eigenvalue weighted by molar-refractivity contribution is -0.0204. The second-order valence-corrected chi connectivity index (χ2v) is 7.19. The first-order valence-electron chi connectivity index (χ1n) is 8.05. The third-order valence-electron chi connectivity index (χ3n) is 5.37. The zero-order valence-corrected chi connectivity index (χ0v) is 12.6. The molecule has 0 radical (unpaired) electrons. The van der Waals surface area contributed by atoms with Crippen molar-refractivity contribution in [3.63, 3.8) is 0 Å². The lowest BCUT2D eigenvalue weighted by Crippen LogP contribution is -2.50. The van der Waals surface area contributed by atoms with E-state index in [2.05, 4.69) is 18.9 Å². The smallest absolute Gasteiger partial charge is 0.0695 e. The molecule has 0 aromatic rings. The summed E-state index contributed by atoms with van der Waals surface area (Å²) in [5, 5.41) is 20.1. The summed E-state index contributed by atoms with van der Waals surface area (Å²) in [6.45, 7) is 3.54. The minimum absolute atomic E-state index is 0.0730. The Kier molecular flexibility index (Phi) is 5.27. The normalized spacial score (nSPS) is 40.6. The van der Waals surface area contributed by atoms with E-state index in [0.29, 0.717) is 12.6 Å². The molecule has 0 aliphatic heterocycles. The van der Waals surface area contributed by atoms with Gasteiger partial charge in [0.15, 0.2) is 0 Å². The highest BCUT2D eigenvalue weighted by Gasteiger charge is 2.38. The van der Waals surface area contributed by atoms with Crippen molar-refractivity contribution in [2.45, 2.75) is 70.4 Å². The van der Waals surface area contributed by atoms with Crippen LogP contribution in [-0.2, 0) is 0 Å². The third-order valence-corrected chi connectivity index (χ3v) is 5.37. The Morgan fingerprint density at radius 3 is 2.53 bits per heavy atom. The predicted molar refractivity (Wildman–Crippen MR) is 78.0 cm³/mol. The molecule has 4 atom stereocenters. The number of rotatable bonds is 4. The van der Waals surface area contributed by atoms with Gasteiger partial charge in [-0.2, -0.15) is 0 Å². The maximum absolute atomic E-state index is 10.2. The molecule has 3 nitrogen and oxygen atoms in total. The second-order valence-electron chi connectivity index (χ2n) is 7.19. The van der Waals surface area contributed by atoms with E-state index in [1.807, 2.05) is 0 Å². The van der Waals surface area contributed by atoms with Crippen molar-refractivity contribution in [3.05, 3.63) is 0 Å². The molecule has 0 saturated heterocycles. The fraction of sp³-hybridized carbons (Fsp3) is 1.00. The van der Waals surface area contributed by atoms with Gasteiger partial charge in [-0.3, -0.25) is 0 Å². The van der Waals surface area contributed by atoms with Crippen LogP contribution in [-0.4, -0.2) is 47.5 Å². The highest BCUT2D eigenvalue weighted by atomic mass is 16.3. The second kappa shape index (κ2) is 6.55. The van der Waals surface area contributed by atoms with Gasteiger partial charge < -0.3 is 15.1 Å². The van der Waals surface area contributed by atoms with Crippen molar-refractivity contribution in [3.8, 4) is 0 Å². The first-order valence-corrected chi connectivity index (χ1v) is 8.05. The highest BCUT2D eigenvalue weighted by molar-refractivity contribution is 4.90. The molecule has 2 aliphatic carbocycles. The number of hydrogen-bond donors (Lipinski definition) is 2. The van der Waals surface area contributed by atoms with Gasteiger partial charge in [0.05, 0.1) is 6.10 Å². The average molecular weight is 269 g/mol. The Hall–Kier alpha value is -0.120. The van der Waals surface area contributed by atoms with E-state index in [1.165, 1.54) is 19.3 Å². The van der Waals surface area contributed by atoms with Crippen LogP contribution in [0.4, 0.5) is 0 Å². The molecule has 3 heteroatoms. The molecule has 2 N–H and O–H groups in total. The van der Waals surface area contributed by atoms with Gasteiger partial charge in [-0.1, -0.05) is 32.6 Å². The quantitative estimate of drug-likeness (QED) is 0.824. The summed E-state index contributed by atoms with van der Waals surface area (Å²) in [5.74, 6) is 0.727. The first-order chi connectivity index (χ1) is 9.06. The van der Waals surface area contributed by atoms with Crippen LogP contribution in [0.15, 0.2) is 0 Å². The van der Waals surface area contributed by atoms with Crippen LogP contribution in [0.25, 0.3) is 0 Å². The molecular formula is C16H31NO2. The molecule has 112 valence electrons. The molecule has 0 heterocycles. The lowest BCUT2D eigenvalue weighted by atomic mass is 9.70. The largest absolute Gasteiger partial charge is 0.396 e. The van der Waals surface area contributed by atoms with E-state index in [-0.39, 0.29) is 11.5 Å². The van der Waals surface area contributed by atoms with Gasteiger partial charge in [0.1, 0.15) is 0 Å². The SMILES string of the molecule is CC1CCCC(CO)(CN(C)C2CCCCC2O)C1. The summed E-state index contributed by atoms with van der Waals surface area (Å²) in [5.41, 5.74) is 0.0730. The molecule has 0 spiro atoms. The van der Waals surface area contributed by atoms with Gasteiger partial charge in [0, 0.05) is 24.6 Å². The van der Waals surface area contributed by atoms with E-state index in [1.54, 1.807) is 0 Å². The molecule has 0 bridgehead atoms. The van der Waals surface area contributed by atoms with Crippen molar-refractivity contribution in [1.29, 1.82) is 0 Å². The first kappa shape index (κ1) is 15.3. The Bertz CT molecular complexity index is 284. The molecule has 2 fully saturated rings. The molecular weight excluding hydrogens is 238 g/mol. The van der Waals surface area contributed by atoms with Gasteiger partial charge >= 0.3 is 0 Å². The summed E-state index contributed by atoms with van der Waals surface area (Å²) in [6, 6.07) is 0.300. The number of aliphatic hydroxyl groups excluding tert-OH is 2. The fourth-order valence-electron chi connectivity index (χ4n) is 4.36. The summed E-state index contributed by atoms with van der Waals surface area (Å²) in [6.07, 6.45) is 9.09. The predicted octanol–water partition coefficient (Wildman–Crippen LogP) is 2.41. The lowest BCUT2D eigenvalue weighted by Gasteiger charge is -2.44. The van der Waals surface area contributed by atoms with Crippen molar-refractivity contribution in [2.24, 2.45) is 11.3 Å². The molecule has 0 aromatic carbocycles. The van der Waals surface area contributed by atoms with Gasteiger partial charge in [-0.05, 0) is 38.6 Å². The number of hydrogen-bond acceptors (Lipinski definition) is 3. The topological polar surface area (TPSA) is 43.7 Å². The van der Waals surface area contributed by atoms with Gasteiger partial charge in [-0.25, -0.2) is 0 Å². The molecule has 4 unspecified atom stereocenters. The molecule has 2 aliphatic rings. The van der Waals surface area contributed by atoms with E-state index in [0.717, 1.165) is 44.6 Å². The summed E-state index contributed by atoms with van der Waals surface area (Å²) >= 11 is 0. The van der Waals surface area contributed by atoms with Crippen LogP contribution in [0.2, 0.25) is 0 Å². The molecule has 2 saturated carbocycles. The van der Waals surface area contributed by atoms with Crippen LogP contribution in [0.3, 0.4) is 0 Å².